The van der Waals surface area contributed by atoms with E-state index in [1.54, 1.807) is 23.2 Å². The second-order valence-corrected chi connectivity index (χ2v) is 7.44. The number of pyridine rings is 1. The molecule has 0 bridgehead atoms. The van der Waals surface area contributed by atoms with Crippen molar-refractivity contribution >= 4 is 29.4 Å². The molecule has 0 fully saturated rings. The highest BCUT2D eigenvalue weighted by Crippen LogP contribution is 2.19. The van der Waals surface area contributed by atoms with Crippen LogP contribution in [0.2, 0.25) is 0 Å². The number of tetrazole rings is 1. The molecular weight excluding hydrogens is 424 g/mol. The van der Waals surface area contributed by atoms with E-state index in [1.165, 1.54) is 17.8 Å². The Kier molecular flexibility index (Phi) is 6.88. The minimum atomic E-state index is -0.235. The fraction of sp³-hybridized carbons (Fsp3) is 0.0870. The Bertz CT molecular complexity index is 1210. The van der Waals surface area contributed by atoms with Gasteiger partial charge in [0, 0.05) is 29.7 Å². The Morgan fingerprint density at radius 3 is 2.81 bits per heavy atom. The Balaban J connectivity index is 1.34. The molecule has 9 heteroatoms. The number of benzene rings is 2. The van der Waals surface area contributed by atoms with Crippen LogP contribution in [0.5, 0.6) is 5.75 Å². The summed E-state index contributed by atoms with van der Waals surface area (Å²) < 4.78 is 7.37. The number of amides is 1. The Labute approximate surface area is 189 Å². The zero-order valence-electron chi connectivity index (χ0n) is 17.3. The predicted octanol–water partition coefficient (Wildman–Crippen LogP) is 4.01. The number of rotatable bonds is 8. The third kappa shape index (κ3) is 5.58. The summed E-state index contributed by atoms with van der Waals surface area (Å²) in [5, 5.41) is 15.2. The van der Waals surface area contributed by atoms with Gasteiger partial charge >= 0.3 is 0 Å². The van der Waals surface area contributed by atoms with E-state index in [9.17, 15) is 4.79 Å². The SMILES string of the molecule is CSc1nnnn1-c1cccc(NC(=O)/C=C/c2ccc(OCc3cccnc3)cc2)c1. The average molecular weight is 445 g/mol. The summed E-state index contributed by atoms with van der Waals surface area (Å²) in [4.78, 5) is 16.4. The molecule has 0 aliphatic rings. The molecule has 2 heterocycles. The van der Waals surface area contributed by atoms with Crippen molar-refractivity contribution in [1.29, 1.82) is 0 Å². The molecule has 0 atom stereocenters. The van der Waals surface area contributed by atoms with Crippen LogP contribution in [-0.2, 0) is 11.4 Å². The van der Waals surface area contributed by atoms with Gasteiger partial charge in [-0.2, -0.15) is 4.68 Å². The van der Waals surface area contributed by atoms with E-state index in [0.717, 1.165) is 22.6 Å². The first-order valence-corrected chi connectivity index (χ1v) is 11.0. The second kappa shape index (κ2) is 10.4. The molecule has 1 N–H and O–H groups in total. The molecule has 0 saturated carbocycles. The van der Waals surface area contributed by atoms with Gasteiger partial charge in [-0.05, 0) is 64.7 Å². The fourth-order valence-electron chi connectivity index (χ4n) is 2.86. The lowest BCUT2D eigenvalue weighted by atomic mass is 10.2. The van der Waals surface area contributed by atoms with Crippen molar-refractivity contribution in [3.05, 3.63) is 90.3 Å². The van der Waals surface area contributed by atoms with Gasteiger partial charge in [0.2, 0.25) is 11.1 Å². The van der Waals surface area contributed by atoms with Gasteiger partial charge in [0.15, 0.2) is 0 Å². The molecule has 160 valence electrons. The molecule has 0 spiro atoms. The van der Waals surface area contributed by atoms with E-state index in [-0.39, 0.29) is 5.91 Å². The van der Waals surface area contributed by atoms with Crippen LogP contribution < -0.4 is 10.1 Å². The van der Waals surface area contributed by atoms with Gasteiger partial charge in [0.25, 0.3) is 0 Å². The largest absolute Gasteiger partial charge is 0.489 e. The summed E-state index contributed by atoms with van der Waals surface area (Å²) in [5.41, 5.74) is 3.31. The number of ether oxygens (including phenoxy) is 1. The van der Waals surface area contributed by atoms with Crippen LogP contribution in [0, 0.1) is 0 Å². The number of hydrogen-bond donors (Lipinski definition) is 1. The number of carbonyl (C=O) groups excluding carboxylic acids is 1. The lowest BCUT2D eigenvalue weighted by Crippen LogP contribution is -2.08. The summed E-state index contributed by atoms with van der Waals surface area (Å²) in [6.07, 6.45) is 8.64. The second-order valence-electron chi connectivity index (χ2n) is 6.67. The van der Waals surface area contributed by atoms with E-state index >= 15 is 0 Å². The minimum Gasteiger partial charge on any atom is -0.489 e. The zero-order chi connectivity index (χ0) is 22.2. The van der Waals surface area contributed by atoms with Crippen LogP contribution in [0.1, 0.15) is 11.1 Å². The summed E-state index contributed by atoms with van der Waals surface area (Å²) in [7, 11) is 0. The van der Waals surface area contributed by atoms with E-state index in [1.807, 2.05) is 66.9 Å². The number of aromatic nitrogens is 5. The molecule has 4 aromatic rings. The molecule has 2 aromatic carbocycles. The van der Waals surface area contributed by atoms with Crippen molar-refractivity contribution in [2.45, 2.75) is 11.8 Å². The van der Waals surface area contributed by atoms with Crippen molar-refractivity contribution in [2.24, 2.45) is 0 Å². The van der Waals surface area contributed by atoms with Crippen molar-refractivity contribution in [1.82, 2.24) is 25.2 Å². The first-order chi connectivity index (χ1) is 15.7. The summed E-state index contributed by atoms with van der Waals surface area (Å²) in [5.74, 6) is 0.514. The zero-order valence-corrected chi connectivity index (χ0v) is 18.1. The average Bonchev–Trinajstić information content (AvgIpc) is 3.32. The van der Waals surface area contributed by atoms with Gasteiger partial charge in [0.05, 0.1) is 5.69 Å². The highest BCUT2D eigenvalue weighted by Gasteiger charge is 2.08. The first-order valence-electron chi connectivity index (χ1n) is 9.75. The number of thioether (sulfide) groups is 1. The molecule has 2 aromatic heterocycles. The predicted molar refractivity (Wildman–Crippen MR) is 124 cm³/mol. The van der Waals surface area contributed by atoms with Gasteiger partial charge in [-0.15, -0.1) is 5.10 Å². The standard InChI is InChI=1S/C23H20N6O2S/c1-32-23-26-27-28-29(23)20-6-2-5-19(14-20)25-22(30)12-9-17-7-10-21(11-8-17)31-16-18-4-3-13-24-15-18/h2-15H,16H2,1H3,(H,25,30)/b12-9+. The van der Waals surface area contributed by atoms with Gasteiger partial charge in [-0.25, -0.2) is 0 Å². The number of hydrogen-bond acceptors (Lipinski definition) is 7. The molecule has 0 radical (unpaired) electrons. The lowest BCUT2D eigenvalue weighted by molar-refractivity contribution is -0.111. The van der Waals surface area contributed by atoms with Gasteiger partial charge in [-0.1, -0.05) is 36.0 Å². The molecule has 32 heavy (non-hydrogen) atoms. The molecule has 8 nitrogen and oxygen atoms in total. The van der Waals surface area contributed by atoms with E-state index in [2.05, 4.69) is 25.8 Å². The molecule has 4 rings (SSSR count). The van der Waals surface area contributed by atoms with E-state index < -0.39 is 0 Å². The van der Waals surface area contributed by atoms with E-state index in [0.29, 0.717) is 17.5 Å². The molecule has 0 aliphatic carbocycles. The smallest absolute Gasteiger partial charge is 0.248 e. The molecule has 1 amide bonds. The van der Waals surface area contributed by atoms with Crippen LogP contribution in [0.4, 0.5) is 5.69 Å². The Hall–Kier alpha value is -3.98. The summed E-state index contributed by atoms with van der Waals surface area (Å²) in [6.45, 7) is 0.452. The molecule has 0 aliphatic heterocycles. The third-order valence-electron chi connectivity index (χ3n) is 4.42. The molecular formula is C23H20N6O2S. The third-order valence-corrected chi connectivity index (χ3v) is 5.04. The van der Waals surface area contributed by atoms with Crippen molar-refractivity contribution in [3.8, 4) is 11.4 Å². The summed E-state index contributed by atoms with van der Waals surface area (Å²) in [6, 6.07) is 18.7. The maximum absolute atomic E-state index is 12.4. The van der Waals surface area contributed by atoms with Crippen molar-refractivity contribution < 1.29 is 9.53 Å². The van der Waals surface area contributed by atoms with Gasteiger partial charge < -0.3 is 10.1 Å². The summed E-state index contributed by atoms with van der Waals surface area (Å²) >= 11 is 1.44. The van der Waals surface area contributed by atoms with Gasteiger partial charge in [-0.3, -0.25) is 9.78 Å². The fourth-order valence-corrected chi connectivity index (χ4v) is 3.30. The maximum Gasteiger partial charge on any atom is 0.248 e. The Morgan fingerprint density at radius 1 is 1.16 bits per heavy atom. The topological polar surface area (TPSA) is 94.8 Å². The number of anilines is 1. The molecule has 0 saturated heterocycles. The number of carbonyl (C=O) groups is 1. The quantitative estimate of drug-likeness (QED) is 0.324. The van der Waals surface area contributed by atoms with Crippen LogP contribution in [0.15, 0.2) is 84.3 Å². The number of nitrogens with zero attached hydrogens (tertiary/aromatic N) is 5. The molecule has 0 unspecified atom stereocenters. The van der Waals surface area contributed by atoms with Crippen LogP contribution in [-0.4, -0.2) is 37.4 Å². The monoisotopic (exact) mass is 444 g/mol. The minimum absolute atomic E-state index is 0.235. The number of nitrogens with one attached hydrogen (secondary N) is 1. The highest BCUT2D eigenvalue weighted by molar-refractivity contribution is 7.98. The van der Waals surface area contributed by atoms with Crippen LogP contribution in [0.3, 0.4) is 0 Å². The van der Waals surface area contributed by atoms with Gasteiger partial charge in [0.1, 0.15) is 12.4 Å². The normalized spacial score (nSPS) is 10.9. The Morgan fingerprint density at radius 2 is 2.03 bits per heavy atom. The maximum atomic E-state index is 12.4. The van der Waals surface area contributed by atoms with Crippen molar-refractivity contribution in [3.63, 3.8) is 0 Å². The van der Waals surface area contributed by atoms with E-state index in [4.69, 9.17) is 4.74 Å². The van der Waals surface area contributed by atoms with Crippen LogP contribution in [0.25, 0.3) is 11.8 Å². The van der Waals surface area contributed by atoms with Crippen LogP contribution >= 0.6 is 11.8 Å². The first kappa shape index (κ1) is 21.3. The van der Waals surface area contributed by atoms with Crippen molar-refractivity contribution in [2.75, 3.05) is 11.6 Å². The highest BCUT2D eigenvalue weighted by atomic mass is 32.2. The lowest BCUT2D eigenvalue weighted by Gasteiger charge is -2.07.